The van der Waals surface area contributed by atoms with Crippen molar-refractivity contribution in [1.82, 2.24) is 15.3 Å². The normalized spacial score (nSPS) is 10.7. The van der Waals surface area contributed by atoms with Crippen LogP contribution in [-0.4, -0.2) is 15.9 Å². The van der Waals surface area contributed by atoms with Gasteiger partial charge >= 0.3 is 0 Å². The second-order valence-corrected chi connectivity index (χ2v) is 4.44. The number of nitrogens with one attached hydrogen (secondary N) is 2. The Kier molecular flexibility index (Phi) is 3.16. The minimum atomic E-state index is -0.339. The number of hydrogen-bond acceptors (Lipinski definition) is 2. The zero-order chi connectivity index (χ0) is 13.9. The molecule has 0 radical (unpaired) electrons. The minimum Gasteiger partial charge on any atom is -0.364 e. The van der Waals surface area contributed by atoms with Gasteiger partial charge in [-0.1, -0.05) is 0 Å². The average Bonchev–Trinajstić information content (AvgIpc) is 2.97. The first-order chi connectivity index (χ1) is 9.72. The lowest BCUT2D eigenvalue weighted by Crippen LogP contribution is -2.23. The van der Waals surface area contributed by atoms with Gasteiger partial charge in [0.25, 0.3) is 5.91 Å². The fourth-order valence-corrected chi connectivity index (χ4v) is 1.97. The highest BCUT2D eigenvalue weighted by atomic mass is 19.1. The number of aromatic amines is 1. The van der Waals surface area contributed by atoms with E-state index in [1.54, 1.807) is 18.3 Å². The lowest BCUT2D eigenvalue weighted by atomic mass is 10.1. The molecule has 2 aromatic heterocycles. The third-order valence-corrected chi connectivity index (χ3v) is 3.01. The lowest BCUT2D eigenvalue weighted by Gasteiger charge is -2.05. The summed E-state index contributed by atoms with van der Waals surface area (Å²) in [4.78, 5) is 19.1. The lowest BCUT2D eigenvalue weighted by molar-refractivity contribution is 0.0950. The number of carbonyl (C=O) groups excluding carboxylic acids is 1. The first-order valence-corrected chi connectivity index (χ1v) is 6.18. The fraction of sp³-hybridized carbons (Fsp3) is 0.0667. The van der Waals surface area contributed by atoms with Crippen molar-refractivity contribution in [3.05, 3.63) is 65.9 Å². The van der Waals surface area contributed by atoms with Gasteiger partial charge in [0.05, 0.1) is 17.6 Å². The molecule has 0 fully saturated rings. The van der Waals surface area contributed by atoms with Crippen LogP contribution < -0.4 is 5.32 Å². The Hall–Kier alpha value is -2.69. The van der Waals surface area contributed by atoms with Crippen molar-refractivity contribution in [3.63, 3.8) is 0 Å². The quantitative estimate of drug-likeness (QED) is 0.768. The highest BCUT2D eigenvalue weighted by molar-refractivity contribution is 5.97. The molecule has 2 heterocycles. The molecule has 0 aliphatic heterocycles. The number of pyridine rings is 1. The van der Waals surface area contributed by atoms with E-state index in [4.69, 9.17) is 0 Å². The molecule has 100 valence electrons. The van der Waals surface area contributed by atoms with E-state index in [0.29, 0.717) is 17.6 Å². The smallest absolute Gasteiger partial charge is 0.253 e. The number of rotatable bonds is 3. The molecule has 0 atom stereocenters. The van der Waals surface area contributed by atoms with Crippen LogP contribution in [0.4, 0.5) is 4.39 Å². The maximum absolute atomic E-state index is 13.1. The van der Waals surface area contributed by atoms with Crippen LogP contribution in [0.1, 0.15) is 16.1 Å². The van der Waals surface area contributed by atoms with Gasteiger partial charge in [0.15, 0.2) is 0 Å². The highest BCUT2D eigenvalue weighted by Gasteiger charge is 2.07. The molecule has 0 aliphatic rings. The monoisotopic (exact) mass is 269 g/mol. The topological polar surface area (TPSA) is 57.8 Å². The predicted molar refractivity (Wildman–Crippen MR) is 73.7 cm³/mol. The van der Waals surface area contributed by atoms with Crippen molar-refractivity contribution in [2.24, 2.45) is 0 Å². The van der Waals surface area contributed by atoms with Crippen molar-refractivity contribution < 1.29 is 9.18 Å². The number of aromatic nitrogens is 2. The zero-order valence-electron chi connectivity index (χ0n) is 10.6. The van der Waals surface area contributed by atoms with Gasteiger partial charge in [-0.2, -0.15) is 0 Å². The standard InChI is InChI=1S/C15H12FN3O/c16-12-4-3-10-6-11(8-18-14(10)7-12)15(20)19-9-13-2-1-5-17-13/h1-8,17H,9H2,(H,19,20). The van der Waals surface area contributed by atoms with E-state index in [-0.39, 0.29) is 11.7 Å². The van der Waals surface area contributed by atoms with E-state index >= 15 is 0 Å². The molecule has 2 N–H and O–H groups in total. The van der Waals surface area contributed by atoms with Crippen LogP contribution in [0.3, 0.4) is 0 Å². The van der Waals surface area contributed by atoms with Gasteiger partial charge < -0.3 is 10.3 Å². The van der Waals surface area contributed by atoms with Crippen molar-refractivity contribution in [2.45, 2.75) is 6.54 Å². The molecule has 5 heteroatoms. The van der Waals surface area contributed by atoms with Crippen molar-refractivity contribution in [3.8, 4) is 0 Å². The number of fused-ring (bicyclic) bond motifs is 1. The molecule has 0 aliphatic carbocycles. The van der Waals surface area contributed by atoms with Crippen LogP contribution in [-0.2, 0) is 6.54 Å². The molecular weight excluding hydrogens is 257 g/mol. The molecule has 3 rings (SSSR count). The third-order valence-electron chi connectivity index (χ3n) is 3.01. The molecule has 20 heavy (non-hydrogen) atoms. The van der Waals surface area contributed by atoms with Crippen LogP contribution in [0, 0.1) is 5.82 Å². The van der Waals surface area contributed by atoms with Crippen molar-refractivity contribution in [2.75, 3.05) is 0 Å². The number of H-pyrrole nitrogens is 1. The molecule has 0 bridgehead atoms. The molecule has 1 aromatic carbocycles. The molecule has 3 aromatic rings. The molecule has 0 saturated heterocycles. The summed E-state index contributed by atoms with van der Waals surface area (Å²) in [7, 11) is 0. The summed E-state index contributed by atoms with van der Waals surface area (Å²) in [5.41, 5.74) is 1.91. The van der Waals surface area contributed by atoms with Gasteiger partial charge in [0.1, 0.15) is 5.82 Å². The van der Waals surface area contributed by atoms with E-state index < -0.39 is 0 Å². The first-order valence-electron chi connectivity index (χ1n) is 6.18. The van der Waals surface area contributed by atoms with Crippen LogP contribution in [0.2, 0.25) is 0 Å². The Bertz CT molecular complexity index is 753. The van der Waals surface area contributed by atoms with Crippen LogP contribution in [0.15, 0.2) is 48.8 Å². The van der Waals surface area contributed by atoms with Crippen LogP contribution in [0.25, 0.3) is 10.9 Å². The van der Waals surface area contributed by atoms with Gasteiger partial charge in [-0.3, -0.25) is 9.78 Å². The second-order valence-electron chi connectivity index (χ2n) is 4.44. The molecule has 0 unspecified atom stereocenters. The first kappa shape index (κ1) is 12.3. The Morgan fingerprint density at radius 2 is 2.20 bits per heavy atom. The van der Waals surface area contributed by atoms with Gasteiger partial charge in [-0.15, -0.1) is 0 Å². The number of nitrogens with zero attached hydrogens (tertiary/aromatic N) is 1. The summed E-state index contributed by atoms with van der Waals surface area (Å²) in [6, 6.07) is 9.77. The Morgan fingerprint density at radius 3 is 3.00 bits per heavy atom. The maximum atomic E-state index is 13.1. The Balaban J connectivity index is 1.79. The number of halogens is 1. The van der Waals surface area contributed by atoms with Gasteiger partial charge in [-0.25, -0.2) is 4.39 Å². The Morgan fingerprint density at radius 1 is 1.30 bits per heavy atom. The largest absolute Gasteiger partial charge is 0.364 e. The van der Waals surface area contributed by atoms with Crippen molar-refractivity contribution in [1.29, 1.82) is 0 Å². The molecule has 4 nitrogen and oxygen atoms in total. The summed E-state index contributed by atoms with van der Waals surface area (Å²) < 4.78 is 13.1. The SMILES string of the molecule is O=C(NCc1ccc[nH]1)c1cnc2cc(F)ccc2c1. The van der Waals surface area contributed by atoms with Crippen LogP contribution in [0.5, 0.6) is 0 Å². The zero-order valence-corrected chi connectivity index (χ0v) is 10.6. The van der Waals surface area contributed by atoms with E-state index in [0.717, 1.165) is 11.1 Å². The van der Waals surface area contributed by atoms with E-state index in [9.17, 15) is 9.18 Å². The summed E-state index contributed by atoms with van der Waals surface area (Å²) in [5.74, 6) is -0.549. The summed E-state index contributed by atoms with van der Waals surface area (Å²) in [6.07, 6.45) is 3.25. The summed E-state index contributed by atoms with van der Waals surface area (Å²) >= 11 is 0. The van der Waals surface area contributed by atoms with Crippen molar-refractivity contribution >= 4 is 16.8 Å². The minimum absolute atomic E-state index is 0.210. The predicted octanol–water partition coefficient (Wildman–Crippen LogP) is 2.63. The number of carbonyl (C=O) groups is 1. The molecule has 0 saturated carbocycles. The molecule has 1 amide bonds. The van der Waals surface area contributed by atoms with Gasteiger partial charge in [-0.05, 0) is 30.3 Å². The average molecular weight is 269 g/mol. The van der Waals surface area contributed by atoms with Gasteiger partial charge in [0.2, 0.25) is 0 Å². The Labute approximate surface area is 114 Å². The fourth-order valence-electron chi connectivity index (χ4n) is 1.97. The van der Waals surface area contributed by atoms with Gasteiger partial charge in [0, 0.05) is 29.5 Å². The summed E-state index contributed by atoms with van der Waals surface area (Å²) in [5, 5.41) is 3.53. The van der Waals surface area contributed by atoms with E-state index in [1.807, 2.05) is 12.1 Å². The number of hydrogen-bond donors (Lipinski definition) is 2. The molecule has 0 spiro atoms. The second kappa shape index (κ2) is 5.13. The van der Waals surface area contributed by atoms with Crippen LogP contribution >= 0.6 is 0 Å². The number of amides is 1. The summed E-state index contributed by atoms with van der Waals surface area (Å²) in [6.45, 7) is 0.424. The third kappa shape index (κ3) is 2.51. The number of benzene rings is 1. The maximum Gasteiger partial charge on any atom is 0.253 e. The van der Waals surface area contributed by atoms with E-state index in [1.165, 1.54) is 18.3 Å². The van der Waals surface area contributed by atoms with E-state index in [2.05, 4.69) is 15.3 Å². The highest BCUT2D eigenvalue weighted by Crippen LogP contribution is 2.14. The molecular formula is C15H12FN3O.